The highest BCUT2D eigenvalue weighted by molar-refractivity contribution is 7.85. The summed E-state index contributed by atoms with van der Waals surface area (Å²) in [6.07, 6.45) is 6.25. The Balaban J connectivity index is 1.76. The molecule has 43 heavy (non-hydrogen) atoms. The van der Waals surface area contributed by atoms with Gasteiger partial charge in [0, 0.05) is 53.2 Å². The van der Waals surface area contributed by atoms with Crippen LogP contribution in [-0.2, 0) is 35.9 Å². The number of hydrogen-bond donors (Lipinski definition) is 1. The van der Waals surface area contributed by atoms with Gasteiger partial charge in [0.1, 0.15) is 12.3 Å². The topological polar surface area (TPSA) is 144 Å². The number of nitrogens with zero attached hydrogens (tertiary/aromatic N) is 2. The molecule has 0 radical (unpaired) electrons. The number of allylic oxidation sites excluding steroid dienone is 4. The quantitative estimate of drug-likeness (QED) is 0.206. The standard InChI is InChI=1S/C31H38N2O8S2/c1-22-11-13-26-24(19-22)30(2,3)28(32(26)15-7-17-42(35,36)37)9-6-10-29-31(4,5)25-20-23(41-21-34)12-14-27(25)33(29)16-8-18-43(38,39)40/h6,9-14,19-21H,7-8,15-18H2,1-5H3,(H-,35,36,37,38,39,40). The van der Waals surface area contributed by atoms with Crippen LogP contribution >= 0.6 is 0 Å². The summed E-state index contributed by atoms with van der Waals surface area (Å²) in [5, 5.41) is 0. The Bertz CT molecular complexity index is 1740. The first-order valence-corrected chi connectivity index (χ1v) is 17.2. The van der Waals surface area contributed by atoms with E-state index in [1.165, 1.54) is 0 Å². The molecule has 10 nitrogen and oxygen atoms in total. The van der Waals surface area contributed by atoms with Crippen LogP contribution in [0.15, 0.2) is 60.3 Å². The predicted molar refractivity (Wildman–Crippen MR) is 165 cm³/mol. The van der Waals surface area contributed by atoms with Crippen LogP contribution in [0.2, 0.25) is 0 Å². The van der Waals surface area contributed by atoms with Gasteiger partial charge in [-0.05, 0) is 57.0 Å². The molecule has 12 heteroatoms. The summed E-state index contributed by atoms with van der Waals surface area (Å²) in [6.45, 7) is 11.3. The molecule has 0 aliphatic carbocycles. The van der Waals surface area contributed by atoms with Crippen molar-refractivity contribution < 1.29 is 40.0 Å². The van der Waals surface area contributed by atoms with Crippen molar-refractivity contribution in [2.45, 2.75) is 58.3 Å². The zero-order valence-corrected chi connectivity index (χ0v) is 26.7. The number of fused-ring (bicyclic) bond motifs is 2. The number of carbonyl (C=O) groups excluding carboxylic acids is 1. The van der Waals surface area contributed by atoms with E-state index in [-0.39, 0.29) is 18.6 Å². The molecular formula is C31H38N2O8S2. The van der Waals surface area contributed by atoms with Gasteiger partial charge in [-0.1, -0.05) is 37.6 Å². The smallest absolute Gasteiger partial charge is 0.298 e. The third kappa shape index (κ3) is 7.09. The maximum Gasteiger partial charge on any atom is 0.298 e. The van der Waals surface area contributed by atoms with E-state index < -0.39 is 36.8 Å². The lowest BCUT2D eigenvalue weighted by atomic mass is 9.81. The second-order valence-corrected chi connectivity index (χ2v) is 15.1. The molecule has 232 valence electrons. The Labute approximate surface area is 253 Å². The lowest BCUT2D eigenvalue weighted by molar-refractivity contribution is -0.437. The molecular weight excluding hydrogens is 592 g/mol. The van der Waals surface area contributed by atoms with Gasteiger partial charge in [-0.15, -0.1) is 0 Å². The molecule has 0 saturated heterocycles. The van der Waals surface area contributed by atoms with Gasteiger partial charge in [0.05, 0.1) is 21.3 Å². The van der Waals surface area contributed by atoms with Crippen molar-refractivity contribution in [3.8, 4) is 5.75 Å². The predicted octanol–water partition coefficient (Wildman–Crippen LogP) is 4.36. The van der Waals surface area contributed by atoms with Crippen LogP contribution in [0.1, 0.15) is 57.2 Å². The first kappa shape index (κ1) is 32.6. The van der Waals surface area contributed by atoms with Crippen molar-refractivity contribution in [2.24, 2.45) is 0 Å². The fourth-order valence-corrected chi connectivity index (χ4v) is 7.07. The van der Waals surface area contributed by atoms with E-state index in [1.54, 1.807) is 12.1 Å². The molecule has 0 saturated carbocycles. The molecule has 2 aliphatic heterocycles. The first-order valence-electron chi connectivity index (χ1n) is 14.0. The van der Waals surface area contributed by atoms with Crippen LogP contribution in [0, 0.1) is 6.92 Å². The zero-order valence-electron chi connectivity index (χ0n) is 25.0. The number of carbonyl (C=O) groups is 1. The van der Waals surface area contributed by atoms with Crippen molar-refractivity contribution in [2.75, 3.05) is 29.5 Å². The van der Waals surface area contributed by atoms with Gasteiger partial charge < -0.3 is 14.2 Å². The molecule has 0 spiro atoms. The van der Waals surface area contributed by atoms with Crippen molar-refractivity contribution in [3.63, 3.8) is 0 Å². The Morgan fingerprint density at radius 1 is 0.977 bits per heavy atom. The van der Waals surface area contributed by atoms with Crippen LogP contribution in [0.3, 0.4) is 0 Å². The fraction of sp³-hybridized carbons (Fsp3) is 0.419. The summed E-state index contributed by atoms with van der Waals surface area (Å²) in [6, 6.07) is 11.4. The zero-order chi connectivity index (χ0) is 31.8. The largest absolute Gasteiger partial charge is 0.748 e. The third-order valence-corrected chi connectivity index (χ3v) is 9.76. The van der Waals surface area contributed by atoms with Gasteiger partial charge in [-0.2, -0.15) is 13.0 Å². The molecule has 0 fully saturated rings. The van der Waals surface area contributed by atoms with E-state index in [9.17, 15) is 30.7 Å². The summed E-state index contributed by atoms with van der Waals surface area (Å²) in [5.74, 6) is -0.447. The van der Waals surface area contributed by atoms with E-state index in [2.05, 4.69) is 24.8 Å². The molecule has 4 rings (SSSR count). The Kier molecular flexibility index (Phi) is 9.09. The maximum atomic E-state index is 11.4. The second kappa shape index (κ2) is 12.0. The Hall–Kier alpha value is -3.32. The highest BCUT2D eigenvalue weighted by Gasteiger charge is 2.45. The molecule has 2 aliphatic rings. The van der Waals surface area contributed by atoms with Crippen molar-refractivity contribution >= 4 is 43.8 Å². The molecule has 2 heterocycles. The summed E-state index contributed by atoms with van der Waals surface area (Å²) < 4.78 is 73.2. The average Bonchev–Trinajstić information content (AvgIpc) is 3.22. The maximum absolute atomic E-state index is 11.4. The van der Waals surface area contributed by atoms with Gasteiger partial charge >= 0.3 is 0 Å². The number of anilines is 1. The lowest BCUT2D eigenvalue weighted by Gasteiger charge is -2.27. The SMILES string of the molecule is Cc1ccc2c(c1)C(C)(C)/C(=C\C=C\C1=[N+](CCCS(=O)(=O)[O-])c3ccc(OC=O)cc3C1(C)C)N2CCCS(=O)(=O)O. The number of hydrogen-bond acceptors (Lipinski definition) is 8. The summed E-state index contributed by atoms with van der Waals surface area (Å²) in [5.41, 5.74) is 5.80. The van der Waals surface area contributed by atoms with Gasteiger partial charge in [0.2, 0.25) is 5.69 Å². The molecule has 2 aromatic carbocycles. The van der Waals surface area contributed by atoms with Gasteiger partial charge in [-0.3, -0.25) is 9.35 Å². The van der Waals surface area contributed by atoms with Crippen LogP contribution in [0.5, 0.6) is 5.75 Å². The van der Waals surface area contributed by atoms with E-state index in [0.29, 0.717) is 25.3 Å². The van der Waals surface area contributed by atoms with Gasteiger partial charge in [0.15, 0.2) is 5.71 Å². The Morgan fingerprint density at radius 2 is 1.70 bits per heavy atom. The van der Waals surface area contributed by atoms with Crippen LogP contribution in [0.25, 0.3) is 0 Å². The minimum Gasteiger partial charge on any atom is -0.748 e. The van der Waals surface area contributed by atoms with Crippen molar-refractivity contribution in [1.82, 2.24) is 0 Å². The minimum absolute atomic E-state index is 0.135. The van der Waals surface area contributed by atoms with E-state index in [0.717, 1.165) is 39.5 Å². The highest BCUT2D eigenvalue weighted by Crippen LogP contribution is 2.48. The monoisotopic (exact) mass is 630 g/mol. The molecule has 0 unspecified atom stereocenters. The number of aryl methyl sites for hydroxylation is 1. The second-order valence-electron chi connectivity index (χ2n) is 12.0. The summed E-state index contributed by atoms with van der Waals surface area (Å²) in [7, 11) is -8.48. The molecule has 0 bridgehead atoms. The fourth-order valence-electron chi connectivity index (χ4n) is 6.09. The highest BCUT2D eigenvalue weighted by atomic mass is 32.2. The molecule has 0 aromatic heterocycles. The van der Waals surface area contributed by atoms with Gasteiger partial charge in [0.25, 0.3) is 16.6 Å². The number of rotatable bonds is 12. The number of benzene rings is 2. The van der Waals surface area contributed by atoms with Crippen molar-refractivity contribution in [1.29, 1.82) is 0 Å². The van der Waals surface area contributed by atoms with Crippen LogP contribution in [0.4, 0.5) is 11.4 Å². The van der Waals surface area contributed by atoms with Crippen molar-refractivity contribution in [3.05, 3.63) is 77.0 Å². The third-order valence-electron chi connectivity index (χ3n) is 8.16. The molecule has 0 atom stereocenters. The first-order chi connectivity index (χ1) is 20.0. The number of ether oxygens (including phenoxy) is 1. The van der Waals surface area contributed by atoms with E-state index in [1.807, 2.05) is 61.8 Å². The normalized spacial score (nSPS) is 18.4. The van der Waals surface area contributed by atoms with E-state index >= 15 is 0 Å². The average molecular weight is 631 g/mol. The molecule has 2 aromatic rings. The Morgan fingerprint density at radius 3 is 2.35 bits per heavy atom. The summed E-state index contributed by atoms with van der Waals surface area (Å²) in [4.78, 5) is 13.1. The molecule has 1 N–H and O–H groups in total. The minimum atomic E-state index is -4.38. The van der Waals surface area contributed by atoms with Crippen LogP contribution < -0.4 is 9.64 Å². The van der Waals surface area contributed by atoms with Gasteiger partial charge in [-0.25, -0.2) is 8.42 Å². The van der Waals surface area contributed by atoms with E-state index in [4.69, 9.17) is 4.74 Å². The molecule has 0 amide bonds. The lowest BCUT2D eigenvalue weighted by Crippen LogP contribution is -2.29. The van der Waals surface area contributed by atoms with Crippen LogP contribution in [-0.4, -0.2) is 67.3 Å². The summed E-state index contributed by atoms with van der Waals surface area (Å²) >= 11 is 0.